The number of aryl methyl sites for hydroxylation is 1. The molecule has 0 amide bonds. The average Bonchev–Trinajstić information content (AvgIpc) is 2.84. The second-order valence-electron chi connectivity index (χ2n) is 6.07. The Morgan fingerprint density at radius 1 is 1.18 bits per heavy atom. The van der Waals surface area contributed by atoms with E-state index in [2.05, 4.69) is 11.1 Å². The smallest absolute Gasteiger partial charge is 0.161 e. The Bertz CT molecular complexity index is 709. The lowest BCUT2D eigenvalue weighted by atomic mass is 9.86. The van der Waals surface area contributed by atoms with Crippen LogP contribution in [0.25, 0.3) is 11.0 Å². The van der Waals surface area contributed by atoms with E-state index in [9.17, 15) is 8.78 Å². The molecule has 0 saturated heterocycles. The molecular formula is C17H19F2N3. The number of fused-ring (bicyclic) bond motifs is 1. The van der Waals surface area contributed by atoms with Crippen molar-refractivity contribution in [3.8, 4) is 6.07 Å². The summed E-state index contributed by atoms with van der Waals surface area (Å²) in [5, 5.41) is 9.00. The number of halogens is 2. The lowest BCUT2D eigenvalue weighted by Crippen LogP contribution is -2.10. The average molecular weight is 303 g/mol. The van der Waals surface area contributed by atoms with Gasteiger partial charge in [-0.15, -0.1) is 0 Å². The number of nitrogens with zero attached hydrogens (tertiary/aromatic N) is 3. The molecule has 1 saturated carbocycles. The third-order valence-electron chi connectivity index (χ3n) is 4.60. The van der Waals surface area contributed by atoms with Crippen LogP contribution in [0.15, 0.2) is 12.1 Å². The molecule has 3 nitrogen and oxygen atoms in total. The van der Waals surface area contributed by atoms with Crippen molar-refractivity contribution in [2.45, 2.75) is 51.5 Å². The monoisotopic (exact) mass is 303 g/mol. The maximum Gasteiger partial charge on any atom is 0.161 e. The fourth-order valence-corrected chi connectivity index (χ4v) is 3.42. The van der Waals surface area contributed by atoms with E-state index >= 15 is 0 Å². The van der Waals surface area contributed by atoms with Crippen LogP contribution in [0.3, 0.4) is 0 Å². The van der Waals surface area contributed by atoms with Crippen LogP contribution >= 0.6 is 0 Å². The topological polar surface area (TPSA) is 41.6 Å². The number of rotatable bonds is 4. The molecule has 1 aliphatic rings. The van der Waals surface area contributed by atoms with Crippen molar-refractivity contribution in [2.75, 3.05) is 0 Å². The van der Waals surface area contributed by atoms with Gasteiger partial charge in [0.05, 0.1) is 17.1 Å². The number of hydrogen-bond acceptors (Lipinski definition) is 2. The molecule has 0 spiro atoms. The zero-order valence-corrected chi connectivity index (χ0v) is 12.5. The van der Waals surface area contributed by atoms with Crippen LogP contribution in [0, 0.1) is 28.9 Å². The highest BCUT2D eigenvalue weighted by Gasteiger charge is 2.17. The van der Waals surface area contributed by atoms with Crippen molar-refractivity contribution >= 4 is 11.0 Å². The summed E-state index contributed by atoms with van der Waals surface area (Å²) in [7, 11) is 0. The fourth-order valence-electron chi connectivity index (χ4n) is 3.42. The van der Waals surface area contributed by atoms with Crippen molar-refractivity contribution in [3.05, 3.63) is 29.6 Å². The molecule has 0 N–H and O–H groups in total. The van der Waals surface area contributed by atoms with E-state index in [0.29, 0.717) is 17.0 Å². The third-order valence-corrected chi connectivity index (χ3v) is 4.60. The molecule has 116 valence electrons. The van der Waals surface area contributed by atoms with Gasteiger partial charge < -0.3 is 4.57 Å². The highest BCUT2D eigenvalue weighted by molar-refractivity contribution is 5.76. The third kappa shape index (κ3) is 2.96. The first-order valence-electron chi connectivity index (χ1n) is 7.90. The first kappa shape index (κ1) is 15.0. The zero-order valence-electron chi connectivity index (χ0n) is 12.5. The van der Waals surface area contributed by atoms with Crippen LogP contribution in [0.2, 0.25) is 0 Å². The summed E-state index contributed by atoms with van der Waals surface area (Å²) in [6.07, 6.45) is 8.18. The quantitative estimate of drug-likeness (QED) is 0.842. The summed E-state index contributed by atoms with van der Waals surface area (Å²) in [4.78, 5) is 4.42. The molecule has 1 fully saturated rings. The van der Waals surface area contributed by atoms with Gasteiger partial charge in [0, 0.05) is 18.6 Å². The Kier molecular flexibility index (Phi) is 4.37. The van der Waals surface area contributed by atoms with Crippen LogP contribution in [0.4, 0.5) is 8.78 Å². The van der Waals surface area contributed by atoms with Crippen LogP contribution in [0.1, 0.15) is 44.3 Å². The van der Waals surface area contributed by atoms with Crippen molar-refractivity contribution in [1.29, 1.82) is 5.26 Å². The maximum absolute atomic E-state index is 13.5. The fraction of sp³-hybridized carbons (Fsp3) is 0.529. The van der Waals surface area contributed by atoms with E-state index in [1.165, 1.54) is 32.1 Å². The number of hydrogen-bond donors (Lipinski definition) is 0. The molecule has 0 atom stereocenters. The van der Waals surface area contributed by atoms with Crippen molar-refractivity contribution in [3.63, 3.8) is 0 Å². The number of aromatic nitrogens is 2. The highest BCUT2D eigenvalue weighted by Crippen LogP contribution is 2.28. The van der Waals surface area contributed by atoms with Crippen LogP contribution in [0.5, 0.6) is 0 Å². The van der Waals surface area contributed by atoms with Crippen molar-refractivity contribution in [2.24, 2.45) is 5.92 Å². The van der Waals surface area contributed by atoms with Gasteiger partial charge in [0.1, 0.15) is 12.4 Å². The molecule has 1 aromatic carbocycles. The predicted octanol–water partition coefficient (Wildman–Crippen LogP) is 4.35. The second-order valence-corrected chi connectivity index (χ2v) is 6.07. The summed E-state index contributed by atoms with van der Waals surface area (Å²) >= 11 is 0. The standard InChI is InChI=1S/C17H19F2N3/c18-13-10-15-16(11-14(13)19)22(9-8-20)17(21-15)7-6-12-4-2-1-3-5-12/h10-12H,1-7,9H2. The maximum atomic E-state index is 13.5. The van der Waals surface area contributed by atoms with Crippen LogP contribution in [-0.2, 0) is 13.0 Å². The first-order chi connectivity index (χ1) is 10.7. The van der Waals surface area contributed by atoms with Gasteiger partial charge in [-0.25, -0.2) is 13.8 Å². The Hall–Kier alpha value is -1.96. The highest BCUT2D eigenvalue weighted by atomic mass is 19.2. The molecule has 0 aliphatic heterocycles. The predicted molar refractivity (Wildman–Crippen MR) is 80.2 cm³/mol. The van der Waals surface area contributed by atoms with Crippen molar-refractivity contribution in [1.82, 2.24) is 9.55 Å². The Morgan fingerprint density at radius 2 is 1.91 bits per heavy atom. The lowest BCUT2D eigenvalue weighted by Gasteiger charge is -2.21. The molecule has 1 aliphatic carbocycles. The molecule has 1 heterocycles. The van der Waals surface area contributed by atoms with Crippen LogP contribution in [-0.4, -0.2) is 9.55 Å². The minimum atomic E-state index is -0.898. The van der Waals surface area contributed by atoms with Gasteiger partial charge in [-0.2, -0.15) is 5.26 Å². The van der Waals surface area contributed by atoms with E-state index < -0.39 is 11.6 Å². The Labute approximate surface area is 128 Å². The van der Waals surface area contributed by atoms with Gasteiger partial charge in [0.2, 0.25) is 0 Å². The summed E-state index contributed by atoms with van der Waals surface area (Å²) in [5.74, 6) is -0.331. The molecule has 1 aromatic heterocycles. The van der Waals surface area contributed by atoms with Gasteiger partial charge in [-0.1, -0.05) is 32.1 Å². The van der Waals surface area contributed by atoms with Gasteiger partial charge in [-0.05, 0) is 12.3 Å². The summed E-state index contributed by atoms with van der Waals surface area (Å²) in [5.41, 5.74) is 0.923. The van der Waals surface area contributed by atoms with Gasteiger partial charge >= 0.3 is 0 Å². The van der Waals surface area contributed by atoms with Crippen molar-refractivity contribution < 1.29 is 8.78 Å². The molecular weight excluding hydrogens is 284 g/mol. The van der Waals surface area contributed by atoms with E-state index in [-0.39, 0.29) is 6.54 Å². The van der Waals surface area contributed by atoms with Crippen LogP contribution < -0.4 is 0 Å². The SMILES string of the molecule is N#CCn1c(CCC2CCCCC2)nc2cc(F)c(F)cc21. The number of benzene rings is 1. The molecule has 22 heavy (non-hydrogen) atoms. The largest absolute Gasteiger partial charge is 0.314 e. The van der Waals surface area contributed by atoms with Gasteiger partial charge in [-0.3, -0.25) is 0 Å². The molecule has 5 heteroatoms. The zero-order chi connectivity index (χ0) is 15.5. The van der Waals surface area contributed by atoms with E-state index in [1.54, 1.807) is 4.57 Å². The Balaban J connectivity index is 1.87. The van der Waals surface area contributed by atoms with Gasteiger partial charge in [0.15, 0.2) is 11.6 Å². The first-order valence-corrected chi connectivity index (χ1v) is 7.90. The summed E-state index contributed by atoms with van der Waals surface area (Å²) < 4.78 is 28.5. The number of nitriles is 1. The van der Waals surface area contributed by atoms with Gasteiger partial charge in [0.25, 0.3) is 0 Å². The molecule has 0 unspecified atom stereocenters. The van der Waals surface area contributed by atoms with E-state index in [0.717, 1.165) is 30.8 Å². The number of imidazole rings is 1. The molecule has 0 bridgehead atoms. The van der Waals surface area contributed by atoms with E-state index in [4.69, 9.17) is 5.26 Å². The molecule has 2 aromatic rings. The lowest BCUT2D eigenvalue weighted by molar-refractivity contribution is 0.336. The van der Waals surface area contributed by atoms with E-state index in [1.807, 2.05) is 0 Å². The normalized spacial score (nSPS) is 16.0. The molecule has 3 rings (SSSR count). The minimum Gasteiger partial charge on any atom is -0.314 e. The summed E-state index contributed by atoms with van der Waals surface area (Å²) in [6.45, 7) is 0.113. The molecule has 0 radical (unpaired) electrons. The Morgan fingerprint density at radius 3 is 2.64 bits per heavy atom. The minimum absolute atomic E-state index is 0.113. The summed E-state index contributed by atoms with van der Waals surface area (Å²) in [6, 6.07) is 4.33. The second kappa shape index (κ2) is 6.43.